The number of aryl methyl sites for hydroxylation is 1. The Hall–Kier alpha value is -2.88. The normalized spacial score (nSPS) is 10.8. The van der Waals surface area contributed by atoms with Crippen molar-refractivity contribution in [3.63, 3.8) is 0 Å². The second-order valence-corrected chi connectivity index (χ2v) is 6.61. The average Bonchev–Trinajstić information content (AvgIpc) is 2.65. The quantitative estimate of drug-likeness (QED) is 0.723. The van der Waals surface area contributed by atoms with E-state index in [9.17, 15) is 9.59 Å². The molecule has 0 saturated carbocycles. The lowest BCUT2D eigenvalue weighted by Crippen LogP contribution is -2.34. The standard InChI is InChI=1S/C22H24N2O2/c1-3-4-13-24(22(26)19-11-7-5-9-16(19)2)15-18-14-17-10-6-8-12-20(17)23-21(18)25/h5-12,14H,3-4,13,15H2,1-2H3,(H,23,25). The number of para-hydroxylation sites is 1. The average molecular weight is 348 g/mol. The maximum absolute atomic E-state index is 13.1. The molecule has 0 atom stereocenters. The molecule has 4 nitrogen and oxygen atoms in total. The molecule has 0 saturated heterocycles. The number of amides is 1. The summed E-state index contributed by atoms with van der Waals surface area (Å²) < 4.78 is 0. The van der Waals surface area contributed by atoms with Gasteiger partial charge in [-0.1, -0.05) is 49.7 Å². The lowest BCUT2D eigenvalue weighted by molar-refractivity contribution is 0.0739. The first-order chi connectivity index (χ1) is 12.6. The van der Waals surface area contributed by atoms with Crippen LogP contribution < -0.4 is 5.56 Å². The molecule has 0 aliphatic rings. The van der Waals surface area contributed by atoms with E-state index in [1.54, 1.807) is 4.90 Å². The van der Waals surface area contributed by atoms with Crippen LogP contribution in [0.25, 0.3) is 10.9 Å². The Bertz CT molecular complexity index is 975. The fourth-order valence-electron chi connectivity index (χ4n) is 3.10. The summed E-state index contributed by atoms with van der Waals surface area (Å²) >= 11 is 0. The molecule has 0 bridgehead atoms. The molecule has 0 spiro atoms. The van der Waals surface area contributed by atoms with Crippen LogP contribution in [0.2, 0.25) is 0 Å². The van der Waals surface area contributed by atoms with Crippen molar-refractivity contribution in [3.05, 3.63) is 81.6 Å². The molecule has 0 aliphatic carbocycles. The Morgan fingerprint density at radius 2 is 1.81 bits per heavy atom. The molecule has 0 aliphatic heterocycles. The van der Waals surface area contributed by atoms with Crippen LogP contribution in [0.4, 0.5) is 0 Å². The number of fused-ring (bicyclic) bond motifs is 1. The Balaban J connectivity index is 1.94. The number of aromatic amines is 1. The zero-order chi connectivity index (χ0) is 18.5. The highest BCUT2D eigenvalue weighted by Gasteiger charge is 2.18. The van der Waals surface area contributed by atoms with E-state index in [-0.39, 0.29) is 11.5 Å². The van der Waals surface area contributed by atoms with Gasteiger partial charge < -0.3 is 9.88 Å². The first-order valence-corrected chi connectivity index (χ1v) is 9.06. The van der Waals surface area contributed by atoms with Crippen LogP contribution in [-0.2, 0) is 6.54 Å². The molecule has 3 rings (SSSR count). The predicted molar refractivity (Wildman–Crippen MR) is 105 cm³/mol. The van der Waals surface area contributed by atoms with Crippen LogP contribution >= 0.6 is 0 Å². The van der Waals surface area contributed by atoms with Crippen LogP contribution in [0, 0.1) is 6.92 Å². The largest absolute Gasteiger partial charge is 0.334 e. The van der Waals surface area contributed by atoms with Gasteiger partial charge in [0, 0.05) is 23.2 Å². The number of benzene rings is 2. The number of carbonyl (C=O) groups is 1. The first-order valence-electron chi connectivity index (χ1n) is 9.06. The van der Waals surface area contributed by atoms with Crippen molar-refractivity contribution in [2.24, 2.45) is 0 Å². The highest BCUT2D eigenvalue weighted by molar-refractivity contribution is 5.95. The Morgan fingerprint density at radius 3 is 2.58 bits per heavy atom. The minimum atomic E-state index is -0.136. The Morgan fingerprint density at radius 1 is 1.08 bits per heavy atom. The number of carbonyl (C=O) groups excluding carboxylic acids is 1. The number of hydrogen-bond donors (Lipinski definition) is 1. The number of nitrogens with one attached hydrogen (secondary N) is 1. The molecular weight excluding hydrogens is 324 g/mol. The third kappa shape index (κ3) is 3.85. The van der Waals surface area contributed by atoms with Gasteiger partial charge in [-0.25, -0.2) is 0 Å². The molecule has 1 heterocycles. The number of rotatable bonds is 6. The minimum absolute atomic E-state index is 0.0240. The zero-order valence-electron chi connectivity index (χ0n) is 15.3. The van der Waals surface area contributed by atoms with Gasteiger partial charge in [0.2, 0.25) is 0 Å². The molecule has 134 valence electrons. The maximum Gasteiger partial charge on any atom is 0.254 e. The van der Waals surface area contributed by atoms with Gasteiger partial charge in [-0.05, 0) is 42.5 Å². The van der Waals surface area contributed by atoms with Gasteiger partial charge >= 0.3 is 0 Å². The van der Waals surface area contributed by atoms with E-state index in [0.717, 1.165) is 29.3 Å². The molecule has 4 heteroatoms. The molecular formula is C22H24N2O2. The molecule has 0 radical (unpaired) electrons. The van der Waals surface area contributed by atoms with E-state index >= 15 is 0 Å². The van der Waals surface area contributed by atoms with E-state index in [1.165, 1.54) is 0 Å². The topological polar surface area (TPSA) is 53.2 Å². The second kappa shape index (κ2) is 8.00. The summed E-state index contributed by atoms with van der Waals surface area (Å²) in [5, 5.41) is 0.973. The van der Waals surface area contributed by atoms with E-state index in [4.69, 9.17) is 0 Å². The van der Waals surface area contributed by atoms with Gasteiger partial charge in [-0.15, -0.1) is 0 Å². The third-order valence-corrected chi connectivity index (χ3v) is 4.64. The fourth-order valence-corrected chi connectivity index (χ4v) is 3.10. The summed E-state index contributed by atoms with van der Waals surface area (Å²) in [7, 11) is 0. The molecule has 0 fully saturated rings. The Labute approximate surface area is 153 Å². The lowest BCUT2D eigenvalue weighted by Gasteiger charge is -2.23. The number of unbranched alkanes of at least 4 members (excludes halogenated alkanes) is 1. The second-order valence-electron chi connectivity index (χ2n) is 6.61. The molecule has 0 unspecified atom stereocenters. The van der Waals surface area contributed by atoms with Crippen molar-refractivity contribution in [2.75, 3.05) is 6.54 Å². The van der Waals surface area contributed by atoms with Gasteiger partial charge in [0.05, 0.1) is 6.54 Å². The molecule has 1 aromatic heterocycles. The van der Waals surface area contributed by atoms with E-state index in [1.807, 2.05) is 61.5 Å². The summed E-state index contributed by atoms with van der Waals surface area (Å²) in [6.45, 7) is 4.98. The number of H-pyrrole nitrogens is 1. The Kier molecular flexibility index (Phi) is 5.52. The minimum Gasteiger partial charge on any atom is -0.334 e. The van der Waals surface area contributed by atoms with Gasteiger partial charge in [-0.3, -0.25) is 9.59 Å². The van der Waals surface area contributed by atoms with Crippen LogP contribution in [0.5, 0.6) is 0 Å². The van der Waals surface area contributed by atoms with Crippen molar-refractivity contribution in [3.8, 4) is 0 Å². The molecule has 2 aromatic carbocycles. The summed E-state index contributed by atoms with van der Waals surface area (Å²) in [5.41, 5.74) is 2.93. The molecule has 1 amide bonds. The number of pyridine rings is 1. The van der Waals surface area contributed by atoms with Gasteiger partial charge in [0.25, 0.3) is 11.5 Å². The smallest absolute Gasteiger partial charge is 0.254 e. The first kappa shape index (κ1) is 17.9. The number of nitrogens with zero attached hydrogens (tertiary/aromatic N) is 1. The van der Waals surface area contributed by atoms with E-state index < -0.39 is 0 Å². The third-order valence-electron chi connectivity index (χ3n) is 4.64. The summed E-state index contributed by atoms with van der Waals surface area (Å²) in [4.78, 5) is 30.2. The predicted octanol–water partition coefficient (Wildman–Crippen LogP) is 4.28. The highest BCUT2D eigenvalue weighted by Crippen LogP contribution is 2.15. The fraction of sp³-hybridized carbons (Fsp3) is 0.273. The van der Waals surface area contributed by atoms with Crippen LogP contribution in [0.1, 0.15) is 41.3 Å². The van der Waals surface area contributed by atoms with Crippen molar-refractivity contribution in [1.29, 1.82) is 0 Å². The highest BCUT2D eigenvalue weighted by atomic mass is 16.2. The summed E-state index contributed by atoms with van der Waals surface area (Å²) in [6, 6.07) is 17.2. The van der Waals surface area contributed by atoms with Crippen molar-refractivity contribution >= 4 is 16.8 Å². The van der Waals surface area contributed by atoms with Crippen LogP contribution in [0.15, 0.2) is 59.4 Å². The van der Waals surface area contributed by atoms with Gasteiger partial charge in [0.1, 0.15) is 0 Å². The summed E-state index contributed by atoms with van der Waals surface area (Å²) in [6.07, 6.45) is 1.90. The van der Waals surface area contributed by atoms with Crippen molar-refractivity contribution in [1.82, 2.24) is 9.88 Å². The number of hydrogen-bond acceptors (Lipinski definition) is 2. The zero-order valence-corrected chi connectivity index (χ0v) is 15.3. The van der Waals surface area contributed by atoms with Gasteiger partial charge in [-0.2, -0.15) is 0 Å². The monoisotopic (exact) mass is 348 g/mol. The number of aromatic nitrogens is 1. The molecule has 3 aromatic rings. The van der Waals surface area contributed by atoms with Crippen molar-refractivity contribution in [2.45, 2.75) is 33.2 Å². The lowest BCUT2D eigenvalue weighted by atomic mass is 10.1. The van der Waals surface area contributed by atoms with E-state index in [0.29, 0.717) is 24.2 Å². The van der Waals surface area contributed by atoms with E-state index in [2.05, 4.69) is 11.9 Å². The SMILES string of the molecule is CCCCN(Cc1cc2ccccc2[nH]c1=O)C(=O)c1ccccc1C. The molecule has 1 N–H and O–H groups in total. The van der Waals surface area contributed by atoms with Crippen molar-refractivity contribution < 1.29 is 4.79 Å². The van der Waals surface area contributed by atoms with Gasteiger partial charge in [0.15, 0.2) is 0 Å². The van der Waals surface area contributed by atoms with Crippen LogP contribution in [-0.4, -0.2) is 22.3 Å². The molecule has 26 heavy (non-hydrogen) atoms. The maximum atomic E-state index is 13.1. The van der Waals surface area contributed by atoms with Crippen LogP contribution in [0.3, 0.4) is 0 Å². The summed E-state index contributed by atoms with van der Waals surface area (Å²) in [5.74, 6) is -0.0240.